The first-order valence-corrected chi connectivity index (χ1v) is 21.7. The number of hydrogen-bond donors (Lipinski definition) is 0. The van der Waals surface area contributed by atoms with E-state index in [2.05, 4.69) is 81.5 Å². The lowest BCUT2D eigenvalue weighted by atomic mass is 9.98. The van der Waals surface area contributed by atoms with Crippen molar-refractivity contribution in [2.24, 2.45) is 5.92 Å². The molecule has 0 spiro atoms. The summed E-state index contributed by atoms with van der Waals surface area (Å²) < 4.78 is 19.9. The van der Waals surface area contributed by atoms with Gasteiger partial charge in [-0.05, 0) is 97.6 Å². The molecule has 4 nitrogen and oxygen atoms in total. The van der Waals surface area contributed by atoms with E-state index in [1.54, 1.807) is 0 Å². The molecule has 2 aliphatic rings. The number of fused-ring (bicyclic) bond motifs is 1. The van der Waals surface area contributed by atoms with Crippen molar-refractivity contribution in [2.45, 2.75) is 211 Å². The van der Waals surface area contributed by atoms with E-state index in [4.69, 9.17) is 14.2 Å². The number of methoxy groups -OCH3 is 1. The summed E-state index contributed by atoms with van der Waals surface area (Å²) in [5.74, 6) is 0.0650. The molecule has 290 valence electrons. The summed E-state index contributed by atoms with van der Waals surface area (Å²) in [6, 6.07) is 0. The Bertz CT molecular complexity index is 844. The molecule has 1 saturated carbocycles. The van der Waals surface area contributed by atoms with Crippen LogP contribution in [0.4, 0.5) is 0 Å². The summed E-state index contributed by atoms with van der Waals surface area (Å²) >= 11 is 0. The van der Waals surface area contributed by atoms with Crippen molar-refractivity contribution in [3.63, 3.8) is 0 Å². The Morgan fingerprint density at radius 2 is 0.940 bits per heavy atom. The highest BCUT2D eigenvalue weighted by Crippen LogP contribution is 2.47. The first-order chi connectivity index (χ1) is 24.5. The van der Waals surface area contributed by atoms with Crippen LogP contribution in [0.1, 0.15) is 187 Å². The minimum absolute atomic E-state index is 0.0826. The summed E-state index contributed by atoms with van der Waals surface area (Å²) in [6.45, 7) is 5.58. The van der Waals surface area contributed by atoms with E-state index in [1.807, 2.05) is 7.11 Å². The van der Waals surface area contributed by atoms with Crippen LogP contribution in [0.2, 0.25) is 0 Å². The second-order valence-electron chi connectivity index (χ2n) is 15.8. The van der Waals surface area contributed by atoms with E-state index in [1.165, 1.54) is 141 Å². The van der Waals surface area contributed by atoms with Crippen molar-refractivity contribution < 1.29 is 14.2 Å². The van der Waals surface area contributed by atoms with Gasteiger partial charge in [0, 0.05) is 32.4 Å². The topological polar surface area (TPSA) is 30.9 Å². The smallest absolute Gasteiger partial charge is 0.169 e. The lowest BCUT2D eigenvalue weighted by Crippen LogP contribution is -2.35. The predicted molar refractivity (Wildman–Crippen MR) is 218 cm³/mol. The molecule has 4 atom stereocenters. The number of allylic oxidation sites excluding steroid dienone is 8. The molecule has 1 saturated heterocycles. The average Bonchev–Trinajstić information content (AvgIpc) is 3.63. The van der Waals surface area contributed by atoms with Crippen molar-refractivity contribution >= 4 is 0 Å². The van der Waals surface area contributed by atoms with Gasteiger partial charge in [-0.1, -0.05) is 140 Å². The molecule has 0 radical (unpaired) electrons. The lowest BCUT2D eigenvalue weighted by Gasteiger charge is -2.31. The third-order valence-electron chi connectivity index (χ3n) is 10.8. The molecule has 2 unspecified atom stereocenters. The van der Waals surface area contributed by atoms with E-state index in [0.29, 0.717) is 5.92 Å². The van der Waals surface area contributed by atoms with Gasteiger partial charge in [-0.2, -0.15) is 0 Å². The zero-order valence-electron chi connectivity index (χ0n) is 33.9. The SMILES string of the molecule is CCCCC/C=C\C/C=C\CCCCCCCCC1(CCCCCCCC/C=C\C/C=C\CCCCC)OC2C(OC)C[C@@H](CN(C)C)[C@@H]2O1. The Morgan fingerprint density at radius 1 is 0.540 bits per heavy atom. The van der Waals surface area contributed by atoms with Gasteiger partial charge in [0.1, 0.15) is 6.10 Å². The molecule has 50 heavy (non-hydrogen) atoms. The molecule has 2 fully saturated rings. The summed E-state index contributed by atoms with van der Waals surface area (Å²) in [4.78, 5) is 2.30. The average molecular weight is 698 g/mol. The lowest BCUT2D eigenvalue weighted by molar-refractivity contribution is -0.204. The van der Waals surface area contributed by atoms with Crippen LogP contribution in [0.3, 0.4) is 0 Å². The third-order valence-corrected chi connectivity index (χ3v) is 10.8. The fraction of sp³-hybridized carbons (Fsp3) is 0.826. The zero-order chi connectivity index (χ0) is 36.0. The molecule has 0 bridgehead atoms. The molecule has 0 aromatic rings. The van der Waals surface area contributed by atoms with E-state index in [-0.39, 0.29) is 18.3 Å². The Labute approximate surface area is 311 Å². The summed E-state index contributed by atoms with van der Waals surface area (Å²) in [7, 11) is 6.20. The number of unbranched alkanes of at least 4 members (excludes halogenated alkanes) is 18. The second-order valence-corrected chi connectivity index (χ2v) is 15.8. The first-order valence-electron chi connectivity index (χ1n) is 21.7. The zero-order valence-corrected chi connectivity index (χ0v) is 33.9. The van der Waals surface area contributed by atoms with Gasteiger partial charge < -0.3 is 19.1 Å². The van der Waals surface area contributed by atoms with Gasteiger partial charge in [0.25, 0.3) is 0 Å². The second kappa shape index (κ2) is 30.3. The Kier molecular flexibility index (Phi) is 27.2. The molecular formula is C46H83NO3. The van der Waals surface area contributed by atoms with Crippen LogP contribution >= 0.6 is 0 Å². The van der Waals surface area contributed by atoms with Crippen LogP contribution in [0.5, 0.6) is 0 Å². The predicted octanol–water partition coefficient (Wildman–Crippen LogP) is 13.5. The van der Waals surface area contributed by atoms with Gasteiger partial charge >= 0.3 is 0 Å². The molecule has 1 aliphatic heterocycles. The van der Waals surface area contributed by atoms with Gasteiger partial charge in [-0.15, -0.1) is 0 Å². The molecule has 0 aromatic carbocycles. The van der Waals surface area contributed by atoms with E-state index >= 15 is 0 Å². The molecule has 0 N–H and O–H groups in total. The molecule has 4 heteroatoms. The van der Waals surface area contributed by atoms with Gasteiger partial charge in [0.05, 0.1) is 12.2 Å². The van der Waals surface area contributed by atoms with Crippen LogP contribution in [0.15, 0.2) is 48.6 Å². The van der Waals surface area contributed by atoms with Crippen LogP contribution in [0.25, 0.3) is 0 Å². The highest BCUT2D eigenvalue weighted by atomic mass is 16.8. The third kappa shape index (κ3) is 20.7. The van der Waals surface area contributed by atoms with Gasteiger partial charge in [0.15, 0.2) is 5.79 Å². The van der Waals surface area contributed by atoms with Gasteiger partial charge in [0.2, 0.25) is 0 Å². The van der Waals surface area contributed by atoms with E-state index < -0.39 is 5.79 Å². The highest BCUT2D eigenvalue weighted by molar-refractivity contribution is 5.01. The molecular weight excluding hydrogens is 615 g/mol. The van der Waals surface area contributed by atoms with E-state index in [0.717, 1.165) is 38.6 Å². The maximum Gasteiger partial charge on any atom is 0.169 e. The van der Waals surface area contributed by atoms with Crippen molar-refractivity contribution in [1.82, 2.24) is 4.90 Å². The minimum Gasteiger partial charge on any atom is -0.379 e. The fourth-order valence-electron chi connectivity index (χ4n) is 7.88. The Hall–Kier alpha value is -1.20. The fourth-order valence-corrected chi connectivity index (χ4v) is 7.88. The number of nitrogens with zero attached hydrogens (tertiary/aromatic N) is 1. The van der Waals surface area contributed by atoms with Crippen molar-refractivity contribution in [3.05, 3.63) is 48.6 Å². The van der Waals surface area contributed by atoms with Crippen LogP contribution < -0.4 is 0 Å². The standard InChI is InChI=1S/C46H83NO3/c1-6-8-10-12-14-16-18-20-22-24-26-28-30-32-34-36-38-46(49-44-42(41-47(3)4)40-43(48-5)45(44)50-46)39-37-35-33-31-29-27-25-23-21-19-17-15-13-11-9-7-2/h14-17,20-23,42-45H,6-13,18-19,24-41H2,1-5H3/b16-14-,17-15-,22-20-,23-21-/t42-,43?,44-,45?/m0/s1. The molecule has 0 amide bonds. The maximum atomic E-state index is 7.01. The number of hydrogen-bond acceptors (Lipinski definition) is 4. The van der Waals surface area contributed by atoms with E-state index in [9.17, 15) is 0 Å². The van der Waals surface area contributed by atoms with Gasteiger partial charge in [-0.3, -0.25) is 0 Å². The normalized spacial score (nSPS) is 22.1. The van der Waals surface area contributed by atoms with Crippen LogP contribution in [-0.4, -0.2) is 56.7 Å². The van der Waals surface area contributed by atoms with Crippen molar-refractivity contribution in [3.8, 4) is 0 Å². The summed E-state index contributed by atoms with van der Waals surface area (Å²) in [6.07, 6.45) is 53.0. The number of rotatable bonds is 33. The van der Waals surface area contributed by atoms with Crippen LogP contribution in [0, 0.1) is 5.92 Å². The molecule has 0 aromatic heterocycles. The highest BCUT2D eigenvalue weighted by Gasteiger charge is 2.56. The van der Waals surface area contributed by atoms with Crippen molar-refractivity contribution in [2.75, 3.05) is 27.7 Å². The van der Waals surface area contributed by atoms with Crippen molar-refractivity contribution in [1.29, 1.82) is 0 Å². The Balaban J connectivity index is 1.66. The monoisotopic (exact) mass is 698 g/mol. The molecule has 1 heterocycles. The quantitative estimate of drug-likeness (QED) is 0.0504. The first kappa shape index (κ1) is 45.0. The summed E-state index contributed by atoms with van der Waals surface area (Å²) in [5.41, 5.74) is 0. The summed E-state index contributed by atoms with van der Waals surface area (Å²) in [5, 5.41) is 0. The Morgan fingerprint density at radius 3 is 1.36 bits per heavy atom. The van der Waals surface area contributed by atoms with Gasteiger partial charge in [-0.25, -0.2) is 0 Å². The molecule has 1 aliphatic carbocycles. The maximum absolute atomic E-state index is 7.01. The number of ether oxygens (including phenoxy) is 3. The van der Waals surface area contributed by atoms with Crippen LogP contribution in [-0.2, 0) is 14.2 Å². The minimum atomic E-state index is -0.415. The molecule has 2 rings (SSSR count). The largest absolute Gasteiger partial charge is 0.379 e.